The predicted molar refractivity (Wildman–Crippen MR) is 81.4 cm³/mol. The molecule has 0 heterocycles. The van der Waals surface area contributed by atoms with Crippen LogP contribution in [0.4, 0.5) is 0 Å². The molecule has 0 radical (unpaired) electrons. The van der Waals surface area contributed by atoms with Crippen LogP contribution >= 0.6 is 11.8 Å². The summed E-state index contributed by atoms with van der Waals surface area (Å²) in [5.41, 5.74) is 0. The summed E-state index contributed by atoms with van der Waals surface area (Å²) in [4.78, 5) is 0. The molecular weight excluding hydrogens is 246 g/mol. The molecule has 4 heteroatoms. The van der Waals surface area contributed by atoms with Gasteiger partial charge in [-0.05, 0) is 31.4 Å². The minimum Gasteiger partial charge on any atom is -0.389 e. The fraction of sp³-hybridized carbons (Fsp3) is 1.00. The molecule has 0 aromatic carbocycles. The van der Waals surface area contributed by atoms with Crippen molar-refractivity contribution in [2.75, 3.05) is 31.8 Å². The van der Waals surface area contributed by atoms with Crippen LogP contribution in [0.15, 0.2) is 0 Å². The Morgan fingerprint density at radius 3 is 2.61 bits per heavy atom. The van der Waals surface area contributed by atoms with Crippen molar-refractivity contribution in [1.29, 1.82) is 0 Å². The van der Waals surface area contributed by atoms with E-state index in [9.17, 15) is 5.11 Å². The molecule has 2 N–H and O–H groups in total. The maximum Gasteiger partial charge on any atom is 0.0897 e. The van der Waals surface area contributed by atoms with Gasteiger partial charge >= 0.3 is 0 Å². The first kappa shape index (κ1) is 18.2. The molecule has 0 amide bonds. The van der Waals surface area contributed by atoms with Gasteiger partial charge < -0.3 is 15.2 Å². The maximum atomic E-state index is 9.78. The van der Waals surface area contributed by atoms with Crippen molar-refractivity contribution in [1.82, 2.24) is 5.32 Å². The van der Waals surface area contributed by atoms with Gasteiger partial charge in [0.15, 0.2) is 0 Å². The molecule has 110 valence electrons. The van der Waals surface area contributed by atoms with Gasteiger partial charge in [0.2, 0.25) is 0 Å². The minimum absolute atomic E-state index is 0.389. The van der Waals surface area contributed by atoms with Crippen LogP contribution in [0, 0.1) is 5.92 Å². The molecule has 0 rings (SSSR count). The molecule has 0 aliphatic heterocycles. The predicted octanol–water partition coefficient (Wildman–Crippen LogP) is 2.53. The number of ether oxygens (including phenoxy) is 1. The Balaban J connectivity index is 3.44. The van der Waals surface area contributed by atoms with E-state index in [0.717, 1.165) is 31.1 Å². The molecule has 0 aromatic rings. The summed E-state index contributed by atoms with van der Waals surface area (Å²) in [6, 6.07) is 0.496. The molecule has 0 aromatic heterocycles. The average Bonchev–Trinajstić information content (AvgIpc) is 2.33. The van der Waals surface area contributed by atoms with E-state index in [1.807, 2.05) is 11.8 Å². The summed E-state index contributed by atoms with van der Waals surface area (Å²) in [5.74, 6) is 1.83. The number of rotatable bonds is 12. The second-order valence-electron chi connectivity index (χ2n) is 5.23. The highest BCUT2D eigenvalue weighted by molar-refractivity contribution is 7.98. The summed E-state index contributed by atoms with van der Waals surface area (Å²) < 4.78 is 5.48. The highest BCUT2D eigenvalue weighted by Crippen LogP contribution is 2.03. The summed E-state index contributed by atoms with van der Waals surface area (Å²) in [5, 5.41) is 13.2. The van der Waals surface area contributed by atoms with Crippen LogP contribution in [-0.4, -0.2) is 49.0 Å². The van der Waals surface area contributed by atoms with Crippen molar-refractivity contribution in [2.24, 2.45) is 5.92 Å². The molecule has 18 heavy (non-hydrogen) atoms. The van der Waals surface area contributed by atoms with Gasteiger partial charge in [-0.25, -0.2) is 0 Å². The third-order valence-electron chi connectivity index (χ3n) is 2.88. The van der Waals surface area contributed by atoms with Gasteiger partial charge in [0.05, 0.1) is 12.7 Å². The molecule has 0 aliphatic rings. The number of nitrogens with one attached hydrogen (secondary N) is 1. The molecule has 0 fully saturated rings. The lowest BCUT2D eigenvalue weighted by atomic mass is 10.1. The van der Waals surface area contributed by atoms with E-state index in [0.29, 0.717) is 19.2 Å². The number of aliphatic hydroxyl groups excluding tert-OH is 1. The standard InChI is InChI=1S/C14H31NO2S/c1-5-13(11-18-4)15-9-14(16)10-17-8-6-7-12(2)3/h12-16H,5-11H2,1-4H3. The van der Waals surface area contributed by atoms with Gasteiger partial charge in [0, 0.05) is 24.9 Å². The normalized spacial score (nSPS) is 15.0. The van der Waals surface area contributed by atoms with Crippen LogP contribution in [0.25, 0.3) is 0 Å². The lowest BCUT2D eigenvalue weighted by molar-refractivity contribution is 0.0337. The third-order valence-corrected chi connectivity index (χ3v) is 3.62. The summed E-state index contributed by atoms with van der Waals surface area (Å²) >= 11 is 1.84. The lowest BCUT2D eigenvalue weighted by Gasteiger charge is -2.18. The first-order chi connectivity index (χ1) is 8.60. The zero-order valence-electron chi connectivity index (χ0n) is 12.4. The zero-order valence-corrected chi connectivity index (χ0v) is 13.3. The van der Waals surface area contributed by atoms with E-state index in [-0.39, 0.29) is 6.10 Å². The van der Waals surface area contributed by atoms with E-state index < -0.39 is 0 Å². The molecule has 0 spiro atoms. The molecule has 2 atom stereocenters. The largest absolute Gasteiger partial charge is 0.389 e. The van der Waals surface area contributed by atoms with Gasteiger partial charge in [-0.2, -0.15) is 11.8 Å². The van der Waals surface area contributed by atoms with Gasteiger partial charge in [0.1, 0.15) is 0 Å². The average molecular weight is 277 g/mol. The minimum atomic E-state index is -0.389. The van der Waals surface area contributed by atoms with Crippen molar-refractivity contribution in [3.63, 3.8) is 0 Å². The second kappa shape index (κ2) is 12.3. The Hall–Kier alpha value is 0.230. The van der Waals surface area contributed by atoms with Crippen molar-refractivity contribution in [3.05, 3.63) is 0 Å². The van der Waals surface area contributed by atoms with Crippen LogP contribution in [0.1, 0.15) is 40.0 Å². The first-order valence-electron chi connectivity index (χ1n) is 7.08. The van der Waals surface area contributed by atoms with Crippen LogP contribution in [0.5, 0.6) is 0 Å². The van der Waals surface area contributed by atoms with Crippen molar-refractivity contribution in [2.45, 2.75) is 52.2 Å². The van der Waals surface area contributed by atoms with E-state index in [4.69, 9.17) is 4.74 Å². The Kier molecular flexibility index (Phi) is 12.4. The Morgan fingerprint density at radius 1 is 1.33 bits per heavy atom. The smallest absolute Gasteiger partial charge is 0.0897 e. The highest BCUT2D eigenvalue weighted by Gasteiger charge is 2.09. The Morgan fingerprint density at radius 2 is 2.06 bits per heavy atom. The monoisotopic (exact) mass is 277 g/mol. The molecule has 0 aliphatic carbocycles. The van der Waals surface area contributed by atoms with E-state index in [2.05, 4.69) is 32.3 Å². The number of thioether (sulfide) groups is 1. The fourth-order valence-corrected chi connectivity index (χ4v) is 2.45. The second-order valence-corrected chi connectivity index (χ2v) is 6.14. The summed E-state index contributed by atoms with van der Waals surface area (Å²) in [6.07, 6.45) is 5.10. The van der Waals surface area contributed by atoms with E-state index in [1.165, 1.54) is 6.42 Å². The van der Waals surface area contributed by atoms with Crippen LogP contribution in [0.2, 0.25) is 0 Å². The van der Waals surface area contributed by atoms with Gasteiger partial charge in [-0.15, -0.1) is 0 Å². The van der Waals surface area contributed by atoms with E-state index in [1.54, 1.807) is 0 Å². The van der Waals surface area contributed by atoms with Crippen molar-refractivity contribution < 1.29 is 9.84 Å². The van der Waals surface area contributed by atoms with Gasteiger partial charge in [-0.3, -0.25) is 0 Å². The highest BCUT2D eigenvalue weighted by atomic mass is 32.2. The SMILES string of the molecule is CCC(CSC)NCC(O)COCCCC(C)C. The first-order valence-corrected chi connectivity index (χ1v) is 8.47. The quantitative estimate of drug-likeness (QED) is 0.538. The molecule has 3 nitrogen and oxygen atoms in total. The molecular formula is C14H31NO2S. The molecule has 2 unspecified atom stereocenters. The fourth-order valence-electron chi connectivity index (χ4n) is 1.70. The van der Waals surface area contributed by atoms with E-state index >= 15 is 0 Å². The van der Waals surface area contributed by atoms with Crippen molar-refractivity contribution in [3.8, 4) is 0 Å². The number of aliphatic hydroxyl groups is 1. The molecule has 0 saturated heterocycles. The third kappa shape index (κ3) is 11.3. The van der Waals surface area contributed by atoms with Gasteiger partial charge in [-0.1, -0.05) is 20.8 Å². The summed E-state index contributed by atoms with van der Waals surface area (Å²) in [7, 11) is 0. The number of hydrogen-bond donors (Lipinski definition) is 2. The summed E-state index contributed by atoms with van der Waals surface area (Å²) in [6.45, 7) is 8.44. The maximum absolute atomic E-state index is 9.78. The van der Waals surface area contributed by atoms with Crippen LogP contribution in [0.3, 0.4) is 0 Å². The Labute approximate surface area is 117 Å². The Bertz CT molecular complexity index is 179. The zero-order chi connectivity index (χ0) is 13.8. The lowest BCUT2D eigenvalue weighted by Crippen LogP contribution is -2.38. The molecule has 0 saturated carbocycles. The van der Waals surface area contributed by atoms with Gasteiger partial charge in [0.25, 0.3) is 0 Å². The van der Waals surface area contributed by atoms with Crippen molar-refractivity contribution >= 4 is 11.8 Å². The van der Waals surface area contributed by atoms with Crippen LogP contribution in [-0.2, 0) is 4.74 Å². The topological polar surface area (TPSA) is 41.5 Å². The number of hydrogen-bond acceptors (Lipinski definition) is 4. The van der Waals surface area contributed by atoms with Crippen LogP contribution < -0.4 is 5.32 Å². The molecule has 0 bridgehead atoms.